The summed E-state index contributed by atoms with van der Waals surface area (Å²) in [7, 11) is 0. The highest BCUT2D eigenvalue weighted by Gasteiger charge is 2.06. The Labute approximate surface area is 91.5 Å². The molecule has 0 amide bonds. The van der Waals surface area contributed by atoms with Crippen molar-refractivity contribution in [2.75, 3.05) is 11.9 Å². The van der Waals surface area contributed by atoms with Gasteiger partial charge in [0.2, 0.25) is 0 Å². The molecule has 0 aromatic carbocycles. The summed E-state index contributed by atoms with van der Waals surface area (Å²) in [5.74, 6) is 0.868. The topological polar surface area (TPSA) is 63.8 Å². The molecule has 5 heteroatoms. The Bertz CT molecular complexity index is 262. The lowest BCUT2D eigenvalue weighted by molar-refractivity contribution is 0.699. The third kappa shape index (κ3) is 3.07. The fraction of sp³-hybridized carbons (Fsp3) is 0.500. The number of anilines is 1. The van der Waals surface area contributed by atoms with Gasteiger partial charge in [0.15, 0.2) is 0 Å². The molecular formula is C8H13IN4. The average molecular weight is 292 g/mol. The highest BCUT2D eigenvalue weighted by Crippen LogP contribution is 2.13. The van der Waals surface area contributed by atoms with Gasteiger partial charge < -0.3 is 11.1 Å². The third-order valence-electron chi connectivity index (χ3n) is 1.79. The van der Waals surface area contributed by atoms with Crippen LogP contribution in [-0.2, 0) is 0 Å². The number of rotatable bonds is 4. The van der Waals surface area contributed by atoms with Gasteiger partial charge in [0, 0.05) is 18.8 Å². The maximum Gasteiger partial charge on any atom is 0.143 e. The van der Waals surface area contributed by atoms with Crippen LogP contribution in [0.2, 0.25) is 0 Å². The lowest BCUT2D eigenvalue weighted by Gasteiger charge is -2.15. The maximum atomic E-state index is 5.57. The van der Waals surface area contributed by atoms with Crippen molar-refractivity contribution in [3.05, 3.63) is 16.1 Å². The first-order valence-electron chi connectivity index (χ1n) is 4.20. The van der Waals surface area contributed by atoms with Crippen LogP contribution in [0, 0.1) is 3.57 Å². The summed E-state index contributed by atoms with van der Waals surface area (Å²) < 4.78 is 1.02. The van der Waals surface area contributed by atoms with E-state index < -0.39 is 0 Å². The van der Waals surface area contributed by atoms with Crippen molar-refractivity contribution in [1.29, 1.82) is 0 Å². The summed E-state index contributed by atoms with van der Waals surface area (Å²) in [6, 6.07) is 0.295. The Balaban J connectivity index is 2.67. The summed E-state index contributed by atoms with van der Waals surface area (Å²) in [4.78, 5) is 8.04. The molecule has 3 N–H and O–H groups in total. The highest BCUT2D eigenvalue weighted by molar-refractivity contribution is 14.1. The van der Waals surface area contributed by atoms with Gasteiger partial charge in [-0.05, 0) is 29.0 Å². The van der Waals surface area contributed by atoms with E-state index in [4.69, 9.17) is 5.73 Å². The van der Waals surface area contributed by atoms with Gasteiger partial charge in [-0.25, -0.2) is 9.97 Å². The lowest BCUT2D eigenvalue weighted by atomic mass is 10.2. The van der Waals surface area contributed by atoms with E-state index in [9.17, 15) is 0 Å². The van der Waals surface area contributed by atoms with Crippen LogP contribution in [0.5, 0.6) is 0 Å². The number of hydrogen-bond donors (Lipinski definition) is 2. The van der Waals surface area contributed by atoms with Crippen LogP contribution in [0.4, 0.5) is 5.82 Å². The molecule has 1 heterocycles. The van der Waals surface area contributed by atoms with Crippen molar-refractivity contribution in [2.45, 2.75) is 19.4 Å². The summed E-state index contributed by atoms with van der Waals surface area (Å²) in [6.45, 7) is 2.72. The zero-order chi connectivity index (χ0) is 9.68. The molecule has 13 heavy (non-hydrogen) atoms. The predicted molar refractivity (Wildman–Crippen MR) is 61.5 cm³/mol. The molecule has 1 aromatic heterocycles. The predicted octanol–water partition coefficient (Wildman–Crippen LogP) is 1.23. The minimum atomic E-state index is 0.295. The van der Waals surface area contributed by atoms with E-state index in [-0.39, 0.29) is 0 Å². The van der Waals surface area contributed by atoms with Gasteiger partial charge in [0.25, 0.3) is 0 Å². The molecule has 1 rings (SSSR count). The molecule has 0 spiro atoms. The lowest BCUT2D eigenvalue weighted by Crippen LogP contribution is -2.28. The first-order chi connectivity index (χ1) is 6.27. The molecule has 4 nitrogen and oxygen atoms in total. The molecule has 0 radical (unpaired) electrons. The first-order valence-corrected chi connectivity index (χ1v) is 5.28. The SMILES string of the molecule is CCC(CN)Nc1ncncc1I. The van der Waals surface area contributed by atoms with Gasteiger partial charge in [-0.3, -0.25) is 0 Å². The highest BCUT2D eigenvalue weighted by atomic mass is 127. The summed E-state index contributed by atoms with van der Waals surface area (Å²) in [5, 5.41) is 3.26. The minimum Gasteiger partial charge on any atom is -0.365 e. The van der Waals surface area contributed by atoms with Crippen molar-refractivity contribution in [3.63, 3.8) is 0 Å². The molecule has 0 bridgehead atoms. The molecular weight excluding hydrogens is 279 g/mol. The second kappa shape index (κ2) is 5.33. The van der Waals surface area contributed by atoms with Gasteiger partial charge in [0.1, 0.15) is 12.1 Å². The van der Waals surface area contributed by atoms with Gasteiger partial charge >= 0.3 is 0 Å². The van der Waals surface area contributed by atoms with Crippen molar-refractivity contribution < 1.29 is 0 Å². The molecule has 0 aliphatic heterocycles. The molecule has 72 valence electrons. The normalized spacial score (nSPS) is 12.5. The van der Waals surface area contributed by atoms with E-state index in [2.05, 4.69) is 44.8 Å². The zero-order valence-corrected chi connectivity index (χ0v) is 9.65. The van der Waals surface area contributed by atoms with Crippen LogP contribution in [0.1, 0.15) is 13.3 Å². The van der Waals surface area contributed by atoms with E-state index in [1.807, 2.05) is 0 Å². The third-order valence-corrected chi connectivity index (χ3v) is 2.58. The molecule has 0 saturated heterocycles. The van der Waals surface area contributed by atoms with Crippen molar-refractivity contribution in [3.8, 4) is 0 Å². The number of nitrogens with zero attached hydrogens (tertiary/aromatic N) is 2. The first kappa shape index (κ1) is 10.6. The van der Waals surface area contributed by atoms with Crippen molar-refractivity contribution >= 4 is 28.4 Å². The molecule has 0 saturated carbocycles. The van der Waals surface area contributed by atoms with Gasteiger partial charge in [-0.15, -0.1) is 0 Å². The fourth-order valence-corrected chi connectivity index (χ4v) is 1.40. The van der Waals surface area contributed by atoms with Crippen molar-refractivity contribution in [2.24, 2.45) is 5.73 Å². The van der Waals surface area contributed by atoms with Crippen LogP contribution in [0.3, 0.4) is 0 Å². The molecule has 0 aliphatic rings. The fourth-order valence-electron chi connectivity index (χ4n) is 0.940. The molecule has 1 atom stereocenters. The van der Waals surface area contributed by atoms with Gasteiger partial charge in [0.05, 0.1) is 3.57 Å². The van der Waals surface area contributed by atoms with Gasteiger partial charge in [-0.1, -0.05) is 6.92 Å². The van der Waals surface area contributed by atoms with E-state index >= 15 is 0 Å². The van der Waals surface area contributed by atoms with E-state index in [1.54, 1.807) is 6.20 Å². The van der Waals surface area contributed by atoms with Crippen molar-refractivity contribution in [1.82, 2.24) is 9.97 Å². The number of halogens is 1. The number of aromatic nitrogens is 2. The quantitative estimate of drug-likeness (QED) is 0.819. The Morgan fingerprint density at radius 1 is 1.69 bits per heavy atom. The van der Waals surface area contributed by atoms with Crippen LogP contribution < -0.4 is 11.1 Å². The average Bonchev–Trinajstić information content (AvgIpc) is 2.17. The van der Waals surface area contributed by atoms with Crippen LogP contribution in [0.15, 0.2) is 12.5 Å². The standard InChI is InChI=1S/C8H13IN4/c1-2-6(3-10)13-8-7(9)4-11-5-12-8/h4-6H,2-3,10H2,1H3,(H,11,12,13). The van der Waals surface area contributed by atoms with E-state index in [0.29, 0.717) is 12.6 Å². The largest absolute Gasteiger partial charge is 0.365 e. The van der Waals surface area contributed by atoms with Crippen LogP contribution >= 0.6 is 22.6 Å². The maximum absolute atomic E-state index is 5.57. The molecule has 1 aromatic rings. The van der Waals surface area contributed by atoms with Gasteiger partial charge in [-0.2, -0.15) is 0 Å². The summed E-state index contributed by atoms with van der Waals surface area (Å²) >= 11 is 2.20. The second-order valence-corrected chi connectivity index (χ2v) is 3.87. The second-order valence-electron chi connectivity index (χ2n) is 2.70. The summed E-state index contributed by atoms with van der Waals surface area (Å²) in [5.41, 5.74) is 5.57. The van der Waals surface area contributed by atoms with Crippen LogP contribution in [-0.4, -0.2) is 22.6 Å². The Hall–Kier alpha value is -0.430. The minimum absolute atomic E-state index is 0.295. The number of nitrogens with two attached hydrogens (primary N) is 1. The smallest absolute Gasteiger partial charge is 0.143 e. The Morgan fingerprint density at radius 3 is 3.00 bits per heavy atom. The van der Waals surface area contributed by atoms with E-state index in [1.165, 1.54) is 6.33 Å². The summed E-state index contributed by atoms with van der Waals surface area (Å²) in [6.07, 6.45) is 4.31. The molecule has 1 unspecified atom stereocenters. The monoisotopic (exact) mass is 292 g/mol. The molecule has 0 fully saturated rings. The van der Waals surface area contributed by atoms with E-state index in [0.717, 1.165) is 15.8 Å². The number of hydrogen-bond acceptors (Lipinski definition) is 4. The zero-order valence-electron chi connectivity index (χ0n) is 7.50. The number of nitrogens with one attached hydrogen (secondary N) is 1. The van der Waals surface area contributed by atoms with Crippen LogP contribution in [0.25, 0.3) is 0 Å². The molecule has 0 aliphatic carbocycles. The Morgan fingerprint density at radius 2 is 2.46 bits per heavy atom. The Kier molecular flexibility index (Phi) is 4.37.